The number of hydrogen-bond acceptors (Lipinski definition) is 6. The number of carbonyl (C=O) groups is 2. The molecule has 25 heavy (non-hydrogen) atoms. The van der Waals surface area contributed by atoms with Crippen LogP contribution in [0.2, 0.25) is 0 Å². The van der Waals surface area contributed by atoms with Crippen LogP contribution in [-0.4, -0.2) is 28.6 Å². The van der Waals surface area contributed by atoms with Gasteiger partial charge in [-0.2, -0.15) is 0 Å². The van der Waals surface area contributed by atoms with Gasteiger partial charge in [0.25, 0.3) is 11.8 Å². The summed E-state index contributed by atoms with van der Waals surface area (Å²) in [4.78, 5) is 23.5. The Balaban J connectivity index is 1.47. The minimum absolute atomic E-state index is 0.153. The zero-order chi connectivity index (χ0) is 17.5. The van der Waals surface area contributed by atoms with E-state index in [2.05, 4.69) is 15.5 Å². The van der Waals surface area contributed by atoms with Gasteiger partial charge >= 0.3 is 5.97 Å². The zero-order valence-electron chi connectivity index (χ0n) is 13.2. The maximum atomic E-state index is 11.8. The molecule has 0 aliphatic rings. The van der Waals surface area contributed by atoms with Gasteiger partial charge in [0.2, 0.25) is 5.89 Å². The van der Waals surface area contributed by atoms with E-state index in [4.69, 9.17) is 9.15 Å². The third-order valence-electron chi connectivity index (χ3n) is 3.27. The number of rotatable bonds is 6. The molecule has 0 spiro atoms. The summed E-state index contributed by atoms with van der Waals surface area (Å²) in [6.07, 6.45) is 0. The molecule has 0 fully saturated rings. The number of benzene rings is 2. The Kier molecular flexibility index (Phi) is 5.16. The third-order valence-corrected chi connectivity index (χ3v) is 3.27. The Morgan fingerprint density at radius 1 is 0.960 bits per heavy atom. The van der Waals surface area contributed by atoms with Crippen LogP contribution >= 0.6 is 0 Å². The first-order chi connectivity index (χ1) is 12.2. The van der Waals surface area contributed by atoms with Crippen molar-refractivity contribution in [3.05, 3.63) is 72.1 Å². The first kappa shape index (κ1) is 16.4. The number of hydrogen-bond donors (Lipinski definition) is 1. The summed E-state index contributed by atoms with van der Waals surface area (Å²) in [5.41, 5.74) is 1.25. The molecule has 1 aromatic heterocycles. The fourth-order valence-electron chi connectivity index (χ4n) is 2.05. The Labute approximate surface area is 143 Å². The Morgan fingerprint density at radius 2 is 1.64 bits per heavy atom. The summed E-state index contributed by atoms with van der Waals surface area (Å²) < 4.78 is 10.4. The summed E-state index contributed by atoms with van der Waals surface area (Å²) in [6, 6.07) is 17.9. The smallest absolute Gasteiger partial charge is 0.325 e. The van der Waals surface area contributed by atoms with Crippen LogP contribution < -0.4 is 5.32 Å². The lowest BCUT2D eigenvalue weighted by atomic mass is 10.2. The van der Waals surface area contributed by atoms with E-state index in [0.717, 1.165) is 5.56 Å². The normalized spacial score (nSPS) is 10.2. The van der Waals surface area contributed by atoms with Crippen molar-refractivity contribution in [3.63, 3.8) is 0 Å². The molecule has 0 unspecified atom stereocenters. The number of carbonyl (C=O) groups excluding carboxylic acids is 2. The maximum absolute atomic E-state index is 11.8. The number of ether oxygens (including phenoxy) is 1. The molecule has 7 heteroatoms. The number of nitrogens with zero attached hydrogens (tertiary/aromatic N) is 2. The first-order valence-corrected chi connectivity index (χ1v) is 7.59. The monoisotopic (exact) mass is 337 g/mol. The van der Waals surface area contributed by atoms with Gasteiger partial charge < -0.3 is 14.5 Å². The van der Waals surface area contributed by atoms with Gasteiger partial charge in [-0.05, 0) is 24.3 Å². The minimum Gasteiger partial charge on any atom is -0.454 e. The van der Waals surface area contributed by atoms with Crippen molar-refractivity contribution < 1.29 is 18.7 Å². The molecule has 0 bridgehead atoms. The van der Waals surface area contributed by atoms with Crippen molar-refractivity contribution in [2.75, 3.05) is 6.54 Å². The van der Waals surface area contributed by atoms with Crippen molar-refractivity contribution in [2.24, 2.45) is 0 Å². The maximum Gasteiger partial charge on any atom is 0.325 e. The second-order valence-electron chi connectivity index (χ2n) is 5.08. The van der Waals surface area contributed by atoms with Crippen LogP contribution in [0.5, 0.6) is 0 Å². The molecular formula is C18H15N3O4. The molecule has 1 N–H and O–H groups in total. The molecule has 0 radical (unpaired) electrons. The number of nitrogens with one attached hydrogen (secondary N) is 1. The Bertz CT molecular complexity index is 847. The zero-order valence-corrected chi connectivity index (χ0v) is 13.2. The standard InChI is InChI=1S/C18H15N3O4/c22-16(11-19-17(23)13-7-3-1-4-8-13)24-12-15-20-21-18(25-15)14-9-5-2-6-10-14/h1-10H,11-12H2,(H,19,23). The lowest BCUT2D eigenvalue weighted by molar-refractivity contribution is -0.144. The van der Waals surface area contributed by atoms with Crippen LogP contribution in [0.15, 0.2) is 65.1 Å². The van der Waals surface area contributed by atoms with E-state index in [9.17, 15) is 9.59 Å². The molecule has 0 aliphatic carbocycles. The average molecular weight is 337 g/mol. The van der Waals surface area contributed by atoms with Crippen LogP contribution in [0.1, 0.15) is 16.2 Å². The summed E-state index contributed by atoms with van der Waals surface area (Å²) in [6.45, 7) is -0.396. The highest BCUT2D eigenvalue weighted by atomic mass is 16.5. The molecule has 0 aliphatic heterocycles. The number of aromatic nitrogens is 2. The SMILES string of the molecule is O=C(CNC(=O)c1ccccc1)OCc1nnc(-c2ccccc2)o1. The van der Waals surface area contributed by atoms with E-state index in [1.54, 1.807) is 30.3 Å². The quantitative estimate of drug-likeness (QED) is 0.693. The average Bonchev–Trinajstić information content (AvgIpc) is 3.15. The van der Waals surface area contributed by atoms with Crippen LogP contribution in [-0.2, 0) is 16.1 Å². The van der Waals surface area contributed by atoms with E-state index in [1.807, 2.05) is 30.3 Å². The number of amides is 1. The lowest BCUT2D eigenvalue weighted by Crippen LogP contribution is -2.30. The fourth-order valence-corrected chi connectivity index (χ4v) is 2.05. The van der Waals surface area contributed by atoms with Crippen LogP contribution in [0.3, 0.4) is 0 Å². The van der Waals surface area contributed by atoms with Gasteiger partial charge in [-0.1, -0.05) is 36.4 Å². The van der Waals surface area contributed by atoms with Crippen molar-refractivity contribution in [1.29, 1.82) is 0 Å². The minimum atomic E-state index is -0.594. The second kappa shape index (κ2) is 7.87. The molecule has 0 atom stereocenters. The largest absolute Gasteiger partial charge is 0.454 e. The molecule has 126 valence electrons. The molecule has 3 aromatic rings. The topological polar surface area (TPSA) is 94.3 Å². The highest BCUT2D eigenvalue weighted by Gasteiger charge is 2.12. The summed E-state index contributed by atoms with van der Waals surface area (Å²) in [5, 5.41) is 10.2. The summed E-state index contributed by atoms with van der Waals surface area (Å²) >= 11 is 0. The molecular weight excluding hydrogens is 322 g/mol. The van der Waals surface area contributed by atoms with Gasteiger partial charge in [0.15, 0.2) is 6.61 Å². The van der Waals surface area contributed by atoms with Crippen LogP contribution in [0.25, 0.3) is 11.5 Å². The van der Waals surface area contributed by atoms with Crippen molar-refractivity contribution in [3.8, 4) is 11.5 Å². The predicted molar refractivity (Wildman–Crippen MR) is 88.3 cm³/mol. The van der Waals surface area contributed by atoms with E-state index < -0.39 is 5.97 Å². The molecule has 1 amide bonds. The summed E-state index contributed by atoms with van der Waals surface area (Å²) in [5.74, 6) is -0.406. The molecule has 0 saturated heterocycles. The van der Waals surface area contributed by atoms with E-state index >= 15 is 0 Å². The van der Waals surface area contributed by atoms with Gasteiger partial charge in [0.05, 0.1) is 0 Å². The van der Waals surface area contributed by atoms with E-state index in [0.29, 0.717) is 11.5 Å². The van der Waals surface area contributed by atoms with Gasteiger partial charge in [0, 0.05) is 11.1 Å². The Morgan fingerprint density at radius 3 is 2.36 bits per heavy atom. The fraction of sp³-hybridized carbons (Fsp3) is 0.111. The highest BCUT2D eigenvalue weighted by Crippen LogP contribution is 2.17. The Hall–Kier alpha value is -3.48. The third kappa shape index (κ3) is 4.51. The van der Waals surface area contributed by atoms with Crippen LogP contribution in [0, 0.1) is 0 Å². The lowest BCUT2D eigenvalue weighted by Gasteiger charge is -2.04. The summed E-state index contributed by atoms with van der Waals surface area (Å²) in [7, 11) is 0. The molecule has 7 nitrogen and oxygen atoms in total. The second-order valence-corrected chi connectivity index (χ2v) is 5.08. The molecule has 1 heterocycles. The van der Waals surface area contributed by atoms with E-state index in [1.165, 1.54) is 0 Å². The van der Waals surface area contributed by atoms with Crippen molar-refractivity contribution in [2.45, 2.75) is 6.61 Å². The predicted octanol–water partition coefficient (Wildman–Crippen LogP) is 2.21. The van der Waals surface area contributed by atoms with Gasteiger partial charge in [-0.3, -0.25) is 9.59 Å². The van der Waals surface area contributed by atoms with Gasteiger partial charge in [-0.25, -0.2) is 0 Å². The van der Waals surface area contributed by atoms with Gasteiger partial charge in [-0.15, -0.1) is 10.2 Å². The number of esters is 1. The van der Waals surface area contributed by atoms with Crippen molar-refractivity contribution >= 4 is 11.9 Å². The molecule has 3 rings (SSSR count). The van der Waals surface area contributed by atoms with Crippen LogP contribution in [0.4, 0.5) is 0 Å². The van der Waals surface area contributed by atoms with Crippen molar-refractivity contribution in [1.82, 2.24) is 15.5 Å². The van der Waals surface area contributed by atoms with E-state index in [-0.39, 0.29) is 24.9 Å². The molecule has 0 saturated carbocycles. The van der Waals surface area contributed by atoms with Gasteiger partial charge in [0.1, 0.15) is 6.54 Å². The molecule has 2 aromatic carbocycles. The first-order valence-electron chi connectivity index (χ1n) is 7.59. The highest BCUT2D eigenvalue weighted by molar-refractivity contribution is 5.95.